The van der Waals surface area contributed by atoms with Crippen molar-refractivity contribution in [3.63, 3.8) is 0 Å². The standard InChI is InChI=1S/C16H15N3O4/c1-10-6-7-12(9-15(10)19(22)23)11(2)17-18-14-5-3-4-13(8-14)16(20)21/h3-9,18H,1-2H3,(H,20,21)/p-1/b17-11-. The molecule has 0 aliphatic heterocycles. The maximum atomic E-state index is 11.0. The Morgan fingerprint density at radius 2 is 1.91 bits per heavy atom. The van der Waals surface area contributed by atoms with Gasteiger partial charge in [-0.25, -0.2) is 0 Å². The van der Waals surface area contributed by atoms with Crippen molar-refractivity contribution in [3.8, 4) is 0 Å². The van der Waals surface area contributed by atoms with Crippen LogP contribution in [0.3, 0.4) is 0 Å². The maximum absolute atomic E-state index is 11.0. The highest BCUT2D eigenvalue weighted by molar-refractivity contribution is 5.99. The van der Waals surface area contributed by atoms with Gasteiger partial charge in [-0.05, 0) is 31.5 Å². The highest BCUT2D eigenvalue weighted by atomic mass is 16.6. The van der Waals surface area contributed by atoms with Crippen LogP contribution >= 0.6 is 0 Å². The number of hydrogen-bond donors (Lipinski definition) is 1. The van der Waals surface area contributed by atoms with Crippen molar-refractivity contribution in [3.05, 3.63) is 69.3 Å². The number of rotatable bonds is 5. The van der Waals surface area contributed by atoms with Crippen LogP contribution in [0.25, 0.3) is 0 Å². The average molecular weight is 312 g/mol. The number of carbonyl (C=O) groups excluding carboxylic acids is 1. The van der Waals surface area contributed by atoms with Gasteiger partial charge in [-0.1, -0.05) is 24.3 Å². The molecule has 7 heteroatoms. The first kappa shape index (κ1) is 16.2. The van der Waals surface area contributed by atoms with Crippen LogP contribution < -0.4 is 10.5 Å². The molecule has 0 aliphatic rings. The van der Waals surface area contributed by atoms with Gasteiger partial charge < -0.3 is 9.90 Å². The lowest BCUT2D eigenvalue weighted by molar-refractivity contribution is -0.385. The zero-order valence-electron chi connectivity index (χ0n) is 12.6. The highest BCUT2D eigenvalue weighted by Gasteiger charge is 2.12. The van der Waals surface area contributed by atoms with Gasteiger partial charge in [-0.3, -0.25) is 15.5 Å². The molecule has 2 aromatic carbocycles. The number of nitro groups is 1. The monoisotopic (exact) mass is 312 g/mol. The number of nitrogens with zero attached hydrogens (tertiary/aromatic N) is 2. The second-order valence-electron chi connectivity index (χ2n) is 4.94. The number of hydrogen-bond acceptors (Lipinski definition) is 6. The van der Waals surface area contributed by atoms with Crippen LogP contribution in [0.1, 0.15) is 28.4 Å². The van der Waals surface area contributed by atoms with Crippen molar-refractivity contribution in [2.75, 3.05) is 5.43 Å². The summed E-state index contributed by atoms with van der Waals surface area (Å²) < 4.78 is 0. The molecule has 0 unspecified atom stereocenters. The molecule has 0 aromatic heterocycles. The maximum Gasteiger partial charge on any atom is 0.272 e. The fourth-order valence-corrected chi connectivity index (χ4v) is 1.96. The summed E-state index contributed by atoms with van der Waals surface area (Å²) in [6, 6.07) is 10.9. The van der Waals surface area contributed by atoms with Crippen molar-refractivity contribution in [2.24, 2.45) is 5.10 Å². The van der Waals surface area contributed by atoms with Crippen molar-refractivity contribution in [2.45, 2.75) is 13.8 Å². The number of nitro benzene ring substituents is 1. The molecular formula is C16H14N3O4-. The lowest BCUT2D eigenvalue weighted by Gasteiger charge is -2.07. The van der Waals surface area contributed by atoms with Crippen LogP contribution in [0.15, 0.2) is 47.6 Å². The number of aromatic carboxylic acids is 1. The van der Waals surface area contributed by atoms with E-state index in [0.29, 0.717) is 22.5 Å². The minimum atomic E-state index is -1.27. The topological polar surface area (TPSA) is 108 Å². The molecule has 118 valence electrons. The normalized spacial score (nSPS) is 11.1. The molecule has 0 spiro atoms. The van der Waals surface area contributed by atoms with E-state index in [9.17, 15) is 20.0 Å². The Balaban J connectivity index is 2.23. The number of hydrazone groups is 1. The predicted octanol–water partition coefficient (Wildman–Crippen LogP) is 2.10. The van der Waals surface area contributed by atoms with Crippen LogP contribution in [-0.2, 0) is 0 Å². The Labute approximate surface area is 132 Å². The molecule has 1 N–H and O–H groups in total. The van der Waals surface area contributed by atoms with Crippen LogP contribution in [0, 0.1) is 17.0 Å². The second-order valence-corrected chi connectivity index (χ2v) is 4.94. The Kier molecular flexibility index (Phi) is 4.70. The number of benzene rings is 2. The number of carboxylic acid groups (broad SMARTS) is 1. The second kappa shape index (κ2) is 6.69. The Morgan fingerprint density at radius 1 is 1.17 bits per heavy atom. The quantitative estimate of drug-likeness (QED) is 0.517. The van der Waals surface area contributed by atoms with Crippen molar-refractivity contribution in [1.82, 2.24) is 0 Å². The zero-order valence-corrected chi connectivity index (χ0v) is 12.6. The van der Waals surface area contributed by atoms with Gasteiger partial charge in [0.25, 0.3) is 5.69 Å². The molecular weight excluding hydrogens is 298 g/mol. The minimum absolute atomic E-state index is 0.0241. The molecule has 2 rings (SSSR count). The third kappa shape index (κ3) is 3.91. The van der Waals surface area contributed by atoms with Gasteiger partial charge in [-0.2, -0.15) is 5.10 Å². The van der Waals surface area contributed by atoms with E-state index in [2.05, 4.69) is 10.5 Å². The number of anilines is 1. The third-order valence-corrected chi connectivity index (χ3v) is 3.27. The van der Waals surface area contributed by atoms with E-state index in [1.54, 1.807) is 38.1 Å². The first-order valence-electron chi connectivity index (χ1n) is 6.75. The molecule has 0 saturated carbocycles. The van der Waals surface area contributed by atoms with E-state index in [-0.39, 0.29) is 11.3 Å². The van der Waals surface area contributed by atoms with Gasteiger partial charge in [0.1, 0.15) is 0 Å². The van der Waals surface area contributed by atoms with E-state index >= 15 is 0 Å². The first-order chi connectivity index (χ1) is 10.9. The van der Waals surface area contributed by atoms with Crippen LogP contribution in [0.4, 0.5) is 11.4 Å². The molecule has 0 radical (unpaired) electrons. The summed E-state index contributed by atoms with van der Waals surface area (Å²) in [5.41, 5.74) is 4.98. The van der Waals surface area contributed by atoms with Crippen LogP contribution in [-0.4, -0.2) is 16.6 Å². The third-order valence-electron chi connectivity index (χ3n) is 3.27. The molecule has 0 saturated heterocycles. The SMILES string of the molecule is C/C(=N/Nc1cccc(C(=O)[O-])c1)c1ccc(C)c([N+](=O)[O-])c1. The summed E-state index contributed by atoms with van der Waals surface area (Å²) >= 11 is 0. The highest BCUT2D eigenvalue weighted by Crippen LogP contribution is 2.20. The average Bonchev–Trinajstić information content (AvgIpc) is 2.53. The molecule has 23 heavy (non-hydrogen) atoms. The number of aryl methyl sites for hydroxylation is 1. The van der Waals surface area contributed by atoms with Crippen molar-refractivity contribution < 1.29 is 14.8 Å². The van der Waals surface area contributed by atoms with Crippen molar-refractivity contribution >= 4 is 23.1 Å². The Morgan fingerprint density at radius 3 is 2.57 bits per heavy atom. The summed E-state index contributed by atoms with van der Waals surface area (Å²) in [4.78, 5) is 21.3. The van der Waals surface area contributed by atoms with Gasteiger partial charge in [-0.15, -0.1) is 0 Å². The lowest BCUT2D eigenvalue weighted by atomic mass is 10.1. The van der Waals surface area contributed by atoms with E-state index in [1.807, 2.05) is 0 Å². The largest absolute Gasteiger partial charge is 0.545 e. The summed E-state index contributed by atoms with van der Waals surface area (Å²) in [6.45, 7) is 3.36. The molecule has 0 amide bonds. The van der Waals surface area contributed by atoms with Crippen molar-refractivity contribution in [1.29, 1.82) is 0 Å². The number of nitrogens with one attached hydrogen (secondary N) is 1. The summed E-state index contributed by atoms with van der Waals surface area (Å²) in [6.07, 6.45) is 0. The predicted molar refractivity (Wildman–Crippen MR) is 84.4 cm³/mol. The fourth-order valence-electron chi connectivity index (χ4n) is 1.96. The van der Waals surface area contributed by atoms with Gasteiger partial charge >= 0.3 is 0 Å². The van der Waals surface area contributed by atoms with E-state index < -0.39 is 10.9 Å². The molecule has 2 aromatic rings. The molecule has 7 nitrogen and oxygen atoms in total. The summed E-state index contributed by atoms with van der Waals surface area (Å²) in [7, 11) is 0. The number of carboxylic acids is 1. The molecule has 0 heterocycles. The van der Waals surface area contributed by atoms with Crippen LogP contribution in [0.2, 0.25) is 0 Å². The molecule has 0 bridgehead atoms. The molecule has 0 fully saturated rings. The van der Waals surface area contributed by atoms with Crippen LogP contribution in [0.5, 0.6) is 0 Å². The fraction of sp³-hybridized carbons (Fsp3) is 0.125. The molecule has 0 aliphatic carbocycles. The summed E-state index contributed by atoms with van der Waals surface area (Å²) in [5.74, 6) is -1.27. The van der Waals surface area contributed by atoms with E-state index in [1.165, 1.54) is 18.2 Å². The van der Waals surface area contributed by atoms with Gasteiger partial charge in [0.05, 0.1) is 22.3 Å². The minimum Gasteiger partial charge on any atom is -0.545 e. The lowest BCUT2D eigenvalue weighted by Crippen LogP contribution is -2.22. The Hall–Kier alpha value is -3.22. The summed E-state index contributed by atoms with van der Waals surface area (Å²) in [5, 5.41) is 25.9. The van der Waals surface area contributed by atoms with Gasteiger partial charge in [0.2, 0.25) is 0 Å². The van der Waals surface area contributed by atoms with Gasteiger partial charge in [0, 0.05) is 17.2 Å². The van der Waals surface area contributed by atoms with E-state index in [0.717, 1.165) is 0 Å². The first-order valence-corrected chi connectivity index (χ1v) is 6.75. The smallest absolute Gasteiger partial charge is 0.272 e. The number of carbonyl (C=O) groups is 1. The van der Waals surface area contributed by atoms with Gasteiger partial charge in [0.15, 0.2) is 0 Å². The molecule has 0 atom stereocenters. The Bertz CT molecular complexity index is 800. The zero-order chi connectivity index (χ0) is 17.0. The van der Waals surface area contributed by atoms with E-state index in [4.69, 9.17) is 0 Å².